The lowest BCUT2D eigenvalue weighted by Crippen LogP contribution is -2.18. The van der Waals surface area contributed by atoms with Crippen molar-refractivity contribution in [1.82, 2.24) is 4.98 Å². The zero-order valence-electron chi connectivity index (χ0n) is 13.5. The number of ether oxygens (including phenoxy) is 1. The van der Waals surface area contributed by atoms with Crippen molar-refractivity contribution in [3.05, 3.63) is 75.6 Å². The van der Waals surface area contributed by atoms with E-state index >= 15 is 0 Å². The van der Waals surface area contributed by atoms with Gasteiger partial charge in [-0.25, -0.2) is 0 Å². The van der Waals surface area contributed by atoms with E-state index in [9.17, 15) is 9.59 Å². The van der Waals surface area contributed by atoms with E-state index in [0.29, 0.717) is 11.1 Å². The Labute approximate surface area is 139 Å². The highest BCUT2D eigenvalue weighted by Gasteiger charge is 2.14. The number of pyridine rings is 1. The average Bonchev–Trinajstić information content (AvgIpc) is 2.59. The first-order valence-corrected chi connectivity index (χ1v) is 7.58. The third kappa shape index (κ3) is 2.99. The van der Waals surface area contributed by atoms with Crippen LogP contribution in [0.15, 0.2) is 53.3 Å². The van der Waals surface area contributed by atoms with Crippen LogP contribution >= 0.6 is 0 Å². The molecule has 4 heteroatoms. The van der Waals surface area contributed by atoms with Gasteiger partial charge in [-0.3, -0.25) is 9.59 Å². The van der Waals surface area contributed by atoms with Crippen LogP contribution in [0, 0.1) is 0 Å². The molecular formula is C20H17NO3. The molecule has 3 rings (SSSR count). The summed E-state index contributed by atoms with van der Waals surface area (Å²) in [6, 6.07) is 15.0. The Kier molecular flexibility index (Phi) is 4.29. The van der Waals surface area contributed by atoms with Gasteiger partial charge < -0.3 is 9.72 Å². The number of rotatable bonds is 4. The van der Waals surface area contributed by atoms with Crippen LogP contribution < -0.4 is 10.3 Å². The van der Waals surface area contributed by atoms with Crippen molar-refractivity contribution in [3.8, 4) is 5.75 Å². The molecule has 0 atom stereocenters. The zero-order valence-corrected chi connectivity index (χ0v) is 13.5. The molecule has 0 saturated heterocycles. The van der Waals surface area contributed by atoms with Crippen LogP contribution in [0.3, 0.4) is 0 Å². The second kappa shape index (κ2) is 6.54. The molecule has 2 aromatic carbocycles. The smallest absolute Gasteiger partial charge is 0.259 e. The molecule has 1 N–H and O–H groups in total. The first-order valence-electron chi connectivity index (χ1n) is 7.58. The lowest BCUT2D eigenvalue weighted by Gasteiger charge is -2.07. The molecule has 0 aliphatic carbocycles. The molecule has 0 amide bonds. The minimum Gasteiger partial charge on any atom is -0.497 e. The fraction of sp³-hybridized carbons (Fsp3) is 0.100. The highest BCUT2D eigenvalue weighted by atomic mass is 16.5. The van der Waals surface area contributed by atoms with E-state index in [2.05, 4.69) is 4.98 Å². The van der Waals surface area contributed by atoms with Gasteiger partial charge in [0.15, 0.2) is 5.78 Å². The number of carbonyl (C=O) groups is 1. The predicted molar refractivity (Wildman–Crippen MR) is 96.5 cm³/mol. The van der Waals surface area contributed by atoms with Crippen LogP contribution in [0.25, 0.3) is 23.1 Å². The van der Waals surface area contributed by atoms with E-state index in [-0.39, 0.29) is 16.9 Å². The summed E-state index contributed by atoms with van der Waals surface area (Å²) in [7, 11) is 1.62. The predicted octanol–water partition coefficient (Wildman–Crippen LogP) is 3.91. The Morgan fingerprint density at radius 3 is 2.42 bits per heavy atom. The minimum atomic E-state index is -0.365. The quantitative estimate of drug-likeness (QED) is 0.742. The maximum atomic E-state index is 12.3. The fourth-order valence-electron chi connectivity index (χ4n) is 2.69. The van der Waals surface area contributed by atoms with Gasteiger partial charge in [0.1, 0.15) is 5.75 Å². The van der Waals surface area contributed by atoms with Crippen LogP contribution in [0.2, 0.25) is 0 Å². The summed E-state index contributed by atoms with van der Waals surface area (Å²) in [4.78, 5) is 27.0. The normalized spacial score (nSPS) is 11.1. The number of ketones is 1. The molecule has 3 aromatic rings. The number of methoxy groups -OCH3 is 1. The molecule has 0 unspecified atom stereocenters. The van der Waals surface area contributed by atoms with Crippen LogP contribution in [0.1, 0.15) is 28.4 Å². The highest BCUT2D eigenvalue weighted by Crippen LogP contribution is 2.22. The molecule has 0 saturated carbocycles. The van der Waals surface area contributed by atoms with Gasteiger partial charge in [0.25, 0.3) is 5.56 Å². The monoisotopic (exact) mass is 319 g/mol. The average molecular weight is 319 g/mol. The standard InChI is InChI=1S/C20H17NO3/c1-13(22)19-17(12-9-14-7-10-15(24-2)11-8-14)16-5-3-4-6-18(16)21-20(19)23/h3-12H,1-2H3,(H,21,23)/b12-9+. The van der Waals surface area contributed by atoms with Crippen molar-refractivity contribution in [1.29, 1.82) is 0 Å². The molecule has 120 valence electrons. The van der Waals surface area contributed by atoms with Gasteiger partial charge >= 0.3 is 0 Å². The number of benzene rings is 2. The van der Waals surface area contributed by atoms with E-state index in [0.717, 1.165) is 16.7 Å². The third-order valence-electron chi connectivity index (χ3n) is 3.87. The van der Waals surface area contributed by atoms with Gasteiger partial charge in [-0.2, -0.15) is 0 Å². The van der Waals surface area contributed by atoms with Crippen molar-refractivity contribution < 1.29 is 9.53 Å². The largest absolute Gasteiger partial charge is 0.497 e. The summed E-state index contributed by atoms with van der Waals surface area (Å²) in [6.07, 6.45) is 3.70. The maximum absolute atomic E-state index is 12.3. The van der Waals surface area contributed by atoms with Crippen molar-refractivity contribution in [2.24, 2.45) is 0 Å². The van der Waals surface area contributed by atoms with E-state index in [4.69, 9.17) is 4.74 Å². The summed E-state index contributed by atoms with van der Waals surface area (Å²) in [5.74, 6) is 0.523. The number of fused-ring (bicyclic) bond motifs is 1. The minimum absolute atomic E-state index is 0.179. The number of aromatic nitrogens is 1. The third-order valence-corrected chi connectivity index (χ3v) is 3.87. The van der Waals surface area contributed by atoms with Gasteiger partial charge in [0, 0.05) is 16.5 Å². The summed E-state index contributed by atoms with van der Waals surface area (Å²) in [6.45, 7) is 1.41. The number of para-hydroxylation sites is 1. The number of Topliss-reactive ketones (excluding diaryl/α,β-unsaturated/α-hetero) is 1. The Balaban J connectivity index is 2.16. The molecule has 0 aliphatic heterocycles. The first kappa shape index (κ1) is 15.7. The number of H-pyrrole nitrogens is 1. The molecule has 0 bridgehead atoms. The topological polar surface area (TPSA) is 59.2 Å². The molecule has 4 nitrogen and oxygen atoms in total. The van der Waals surface area contributed by atoms with E-state index < -0.39 is 0 Å². The SMILES string of the molecule is COc1ccc(/C=C/c2c(C(C)=O)c(=O)[nH]c3ccccc23)cc1. The molecular weight excluding hydrogens is 302 g/mol. The number of hydrogen-bond donors (Lipinski definition) is 1. The Morgan fingerprint density at radius 2 is 1.75 bits per heavy atom. The van der Waals surface area contributed by atoms with Crippen molar-refractivity contribution in [2.45, 2.75) is 6.92 Å². The number of aromatic amines is 1. The van der Waals surface area contributed by atoms with Crippen molar-refractivity contribution in [2.75, 3.05) is 7.11 Å². The molecule has 0 spiro atoms. The van der Waals surface area contributed by atoms with Gasteiger partial charge in [-0.1, -0.05) is 42.5 Å². The maximum Gasteiger partial charge on any atom is 0.259 e. The van der Waals surface area contributed by atoms with Crippen LogP contribution in [-0.2, 0) is 0 Å². The summed E-state index contributed by atoms with van der Waals surface area (Å²) < 4.78 is 5.14. The summed E-state index contributed by atoms with van der Waals surface area (Å²) in [5, 5.41) is 0.840. The summed E-state index contributed by atoms with van der Waals surface area (Å²) in [5.41, 5.74) is 2.11. The second-order valence-electron chi connectivity index (χ2n) is 5.45. The first-order chi connectivity index (χ1) is 11.6. The van der Waals surface area contributed by atoms with E-state index in [1.807, 2.05) is 60.7 Å². The lowest BCUT2D eigenvalue weighted by molar-refractivity contribution is 0.101. The summed E-state index contributed by atoms with van der Waals surface area (Å²) >= 11 is 0. The number of hydrogen-bond acceptors (Lipinski definition) is 3. The van der Waals surface area contributed by atoms with E-state index in [1.165, 1.54) is 6.92 Å². The highest BCUT2D eigenvalue weighted by molar-refractivity contribution is 6.04. The lowest BCUT2D eigenvalue weighted by atomic mass is 9.99. The van der Waals surface area contributed by atoms with Crippen LogP contribution in [-0.4, -0.2) is 17.9 Å². The van der Waals surface area contributed by atoms with Crippen molar-refractivity contribution >= 4 is 28.8 Å². The fourth-order valence-corrected chi connectivity index (χ4v) is 2.69. The molecule has 1 aromatic heterocycles. The zero-order chi connectivity index (χ0) is 17.1. The Bertz CT molecular complexity index is 982. The van der Waals surface area contributed by atoms with E-state index in [1.54, 1.807) is 7.11 Å². The van der Waals surface area contributed by atoms with Gasteiger partial charge in [-0.05, 0) is 30.7 Å². The molecule has 0 fully saturated rings. The second-order valence-corrected chi connectivity index (χ2v) is 5.45. The Morgan fingerprint density at radius 1 is 1.04 bits per heavy atom. The van der Waals surface area contributed by atoms with Gasteiger partial charge in [-0.15, -0.1) is 0 Å². The molecule has 0 radical (unpaired) electrons. The molecule has 0 aliphatic rings. The number of carbonyl (C=O) groups excluding carboxylic acids is 1. The molecule has 1 heterocycles. The number of nitrogens with one attached hydrogen (secondary N) is 1. The van der Waals surface area contributed by atoms with Crippen LogP contribution in [0.5, 0.6) is 5.75 Å². The Hall–Kier alpha value is -3.14. The van der Waals surface area contributed by atoms with Crippen LogP contribution in [0.4, 0.5) is 0 Å². The molecule has 24 heavy (non-hydrogen) atoms. The van der Waals surface area contributed by atoms with Crippen molar-refractivity contribution in [3.63, 3.8) is 0 Å². The van der Waals surface area contributed by atoms with Gasteiger partial charge in [0.2, 0.25) is 0 Å². The van der Waals surface area contributed by atoms with Gasteiger partial charge in [0.05, 0.1) is 12.7 Å².